The summed E-state index contributed by atoms with van der Waals surface area (Å²) in [7, 11) is -2.99. The van der Waals surface area contributed by atoms with Gasteiger partial charge in [-0.2, -0.15) is 4.98 Å². The molecule has 0 N–H and O–H groups in total. The molecule has 1 saturated heterocycles. The van der Waals surface area contributed by atoms with Crippen LogP contribution in [0.5, 0.6) is 0 Å². The van der Waals surface area contributed by atoms with E-state index in [0.29, 0.717) is 43.9 Å². The van der Waals surface area contributed by atoms with Crippen molar-refractivity contribution in [3.05, 3.63) is 11.7 Å². The van der Waals surface area contributed by atoms with Gasteiger partial charge in [0, 0.05) is 30.8 Å². The van der Waals surface area contributed by atoms with E-state index in [9.17, 15) is 13.2 Å². The van der Waals surface area contributed by atoms with Crippen molar-refractivity contribution in [3.8, 4) is 0 Å². The van der Waals surface area contributed by atoms with E-state index in [0.717, 1.165) is 6.42 Å². The Labute approximate surface area is 150 Å². The van der Waals surface area contributed by atoms with Gasteiger partial charge >= 0.3 is 0 Å². The molecule has 1 aromatic rings. The second kappa shape index (κ2) is 7.85. The van der Waals surface area contributed by atoms with E-state index in [1.54, 1.807) is 4.90 Å². The van der Waals surface area contributed by atoms with E-state index in [1.807, 2.05) is 27.7 Å². The summed E-state index contributed by atoms with van der Waals surface area (Å²) in [6.07, 6.45) is 2.90. The average Bonchev–Trinajstić information content (AvgIpc) is 3.10. The third-order valence-corrected chi connectivity index (χ3v) is 6.10. The van der Waals surface area contributed by atoms with Gasteiger partial charge in [-0.3, -0.25) is 4.79 Å². The summed E-state index contributed by atoms with van der Waals surface area (Å²) < 4.78 is 28.6. The van der Waals surface area contributed by atoms with E-state index in [1.165, 1.54) is 0 Å². The summed E-state index contributed by atoms with van der Waals surface area (Å²) in [6, 6.07) is -0.173. The van der Waals surface area contributed by atoms with Crippen LogP contribution in [-0.2, 0) is 26.5 Å². The zero-order chi connectivity index (χ0) is 18.7. The van der Waals surface area contributed by atoms with Gasteiger partial charge in [-0.15, -0.1) is 0 Å². The smallest absolute Gasteiger partial charge is 0.226 e. The molecule has 0 aromatic carbocycles. The molecule has 1 amide bonds. The molecule has 0 bridgehead atoms. The molecule has 0 aliphatic carbocycles. The molecule has 0 radical (unpaired) electrons. The minimum absolute atomic E-state index is 0.0134. The first-order chi connectivity index (χ1) is 11.6. The van der Waals surface area contributed by atoms with Gasteiger partial charge in [0.05, 0.1) is 11.5 Å². The van der Waals surface area contributed by atoms with Gasteiger partial charge in [-0.1, -0.05) is 32.9 Å². The fourth-order valence-electron chi connectivity index (χ4n) is 2.97. The van der Waals surface area contributed by atoms with E-state index in [2.05, 4.69) is 10.1 Å². The second-order valence-electron chi connectivity index (χ2n) is 7.76. The Morgan fingerprint density at radius 1 is 1.36 bits per heavy atom. The molecule has 2 heterocycles. The van der Waals surface area contributed by atoms with Crippen molar-refractivity contribution in [2.45, 2.75) is 71.3 Å². The van der Waals surface area contributed by atoms with Crippen molar-refractivity contribution >= 4 is 15.7 Å². The summed E-state index contributed by atoms with van der Waals surface area (Å²) in [5, 5.41) is 3.98. The van der Waals surface area contributed by atoms with E-state index in [4.69, 9.17) is 4.52 Å². The number of sulfone groups is 1. The number of amides is 1. The van der Waals surface area contributed by atoms with E-state index >= 15 is 0 Å². The fraction of sp³-hybridized carbons (Fsp3) is 0.824. The molecule has 1 aliphatic heterocycles. The Bertz CT molecular complexity index is 691. The first-order valence-corrected chi connectivity index (χ1v) is 10.8. The van der Waals surface area contributed by atoms with Crippen LogP contribution in [0.2, 0.25) is 0 Å². The molecule has 7 nitrogen and oxygen atoms in total. The van der Waals surface area contributed by atoms with Gasteiger partial charge in [-0.05, 0) is 19.3 Å². The van der Waals surface area contributed by atoms with Crippen LogP contribution in [0.4, 0.5) is 0 Å². The van der Waals surface area contributed by atoms with Crippen LogP contribution in [0, 0.1) is 0 Å². The maximum Gasteiger partial charge on any atom is 0.226 e. The molecular weight excluding hydrogens is 342 g/mol. The third-order valence-electron chi connectivity index (χ3n) is 4.35. The Kier molecular flexibility index (Phi) is 6.24. The normalized spacial score (nSPS) is 19.9. The lowest BCUT2D eigenvalue weighted by Crippen LogP contribution is -2.41. The third kappa shape index (κ3) is 5.52. The molecule has 25 heavy (non-hydrogen) atoms. The number of aryl methyl sites for hydroxylation is 1. The van der Waals surface area contributed by atoms with Crippen molar-refractivity contribution in [1.29, 1.82) is 0 Å². The number of hydrogen-bond donors (Lipinski definition) is 0. The first-order valence-electron chi connectivity index (χ1n) is 8.95. The molecule has 1 atom stereocenters. The molecule has 1 fully saturated rings. The lowest BCUT2D eigenvalue weighted by atomic mass is 9.96. The Morgan fingerprint density at radius 3 is 2.60 bits per heavy atom. The summed E-state index contributed by atoms with van der Waals surface area (Å²) in [5.41, 5.74) is -0.163. The van der Waals surface area contributed by atoms with Crippen LogP contribution < -0.4 is 0 Å². The predicted molar refractivity (Wildman–Crippen MR) is 95.0 cm³/mol. The van der Waals surface area contributed by atoms with E-state index < -0.39 is 9.84 Å². The maximum atomic E-state index is 12.6. The highest BCUT2D eigenvalue weighted by Crippen LogP contribution is 2.21. The second-order valence-corrected chi connectivity index (χ2v) is 9.99. The zero-order valence-electron chi connectivity index (χ0n) is 15.6. The van der Waals surface area contributed by atoms with Gasteiger partial charge in [0.15, 0.2) is 15.7 Å². The fourth-order valence-corrected chi connectivity index (χ4v) is 4.70. The maximum absolute atomic E-state index is 12.6. The number of hydrogen-bond acceptors (Lipinski definition) is 6. The van der Waals surface area contributed by atoms with Gasteiger partial charge < -0.3 is 9.42 Å². The summed E-state index contributed by atoms with van der Waals surface area (Å²) in [6.45, 7) is 8.65. The average molecular weight is 372 g/mol. The molecule has 8 heteroatoms. The van der Waals surface area contributed by atoms with Crippen LogP contribution in [0.25, 0.3) is 0 Å². The monoisotopic (exact) mass is 371 g/mol. The summed E-state index contributed by atoms with van der Waals surface area (Å²) in [4.78, 5) is 18.7. The Balaban J connectivity index is 1.88. The zero-order valence-corrected chi connectivity index (χ0v) is 16.4. The highest BCUT2D eigenvalue weighted by Gasteiger charge is 2.34. The molecule has 2 rings (SSSR count). The van der Waals surface area contributed by atoms with Crippen LogP contribution in [0.3, 0.4) is 0 Å². The van der Waals surface area contributed by atoms with Gasteiger partial charge in [0.2, 0.25) is 11.8 Å². The van der Waals surface area contributed by atoms with Crippen molar-refractivity contribution in [1.82, 2.24) is 15.0 Å². The first kappa shape index (κ1) is 19.9. The van der Waals surface area contributed by atoms with Crippen LogP contribution >= 0.6 is 0 Å². The molecule has 0 saturated carbocycles. The van der Waals surface area contributed by atoms with Gasteiger partial charge in [0.25, 0.3) is 0 Å². The van der Waals surface area contributed by atoms with Crippen molar-refractivity contribution in [2.24, 2.45) is 0 Å². The SMILES string of the molecule is CCCN(C(=O)CCCc1nc(C(C)(C)C)no1)C1CCS(=O)(=O)C1. The molecule has 0 spiro atoms. The van der Waals surface area contributed by atoms with Crippen LogP contribution in [0.15, 0.2) is 4.52 Å². The largest absolute Gasteiger partial charge is 0.339 e. The molecule has 1 unspecified atom stereocenters. The van der Waals surface area contributed by atoms with E-state index in [-0.39, 0.29) is 28.9 Å². The van der Waals surface area contributed by atoms with Crippen LogP contribution in [0.1, 0.15) is 65.1 Å². The Morgan fingerprint density at radius 2 is 2.08 bits per heavy atom. The quantitative estimate of drug-likeness (QED) is 0.729. The lowest BCUT2D eigenvalue weighted by molar-refractivity contribution is -0.133. The minimum Gasteiger partial charge on any atom is -0.339 e. The van der Waals surface area contributed by atoms with Gasteiger partial charge in [0.1, 0.15) is 0 Å². The number of aromatic nitrogens is 2. The number of carbonyl (C=O) groups is 1. The van der Waals surface area contributed by atoms with Gasteiger partial charge in [-0.25, -0.2) is 8.42 Å². The number of carbonyl (C=O) groups excluding carboxylic acids is 1. The topological polar surface area (TPSA) is 93.4 Å². The number of nitrogens with zero attached hydrogens (tertiary/aromatic N) is 3. The summed E-state index contributed by atoms with van der Waals surface area (Å²) in [5.74, 6) is 1.50. The molecule has 1 aromatic heterocycles. The van der Waals surface area contributed by atoms with Crippen molar-refractivity contribution in [3.63, 3.8) is 0 Å². The highest BCUT2D eigenvalue weighted by molar-refractivity contribution is 7.91. The standard InChI is InChI=1S/C17H29N3O4S/c1-5-10-20(13-9-11-25(22,23)12-13)15(21)8-6-7-14-18-16(19-24-14)17(2,3)4/h13H,5-12H2,1-4H3. The van der Waals surface area contributed by atoms with Crippen LogP contribution in [-0.4, -0.2) is 53.5 Å². The van der Waals surface area contributed by atoms with Crippen molar-refractivity contribution in [2.75, 3.05) is 18.1 Å². The predicted octanol–water partition coefficient (Wildman–Crippen LogP) is 2.12. The van der Waals surface area contributed by atoms with Crippen molar-refractivity contribution < 1.29 is 17.7 Å². The molecular formula is C17H29N3O4S. The highest BCUT2D eigenvalue weighted by atomic mass is 32.2. The minimum atomic E-state index is -2.99. The summed E-state index contributed by atoms with van der Waals surface area (Å²) >= 11 is 0. The Hall–Kier alpha value is -1.44. The lowest BCUT2D eigenvalue weighted by Gasteiger charge is -2.28. The molecule has 1 aliphatic rings. The molecule has 142 valence electrons. The number of rotatable bonds is 7.